The van der Waals surface area contributed by atoms with Crippen molar-refractivity contribution in [1.82, 2.24) is 0 Å². The number of sulfonamides is 1. The third kappa shape index (κ3) is 4.54. The molecule has 1 amide bonds. The number of anilines is 2. The van der Waals surface area contributed by atoms with Crippen LogP contribution in [0.4, 0.5) is 20.2 Å². The van der Waals surface area contributed by atoms with E-state index in [4.69, 9.17) is 0 Å². The van der Waals surface area contributed by atoms with Crippen LogP contribution < -0.4 is 9.62 Å². The molecule has 0 saturated carbocycles. The second kappa shape index (κ2) is 7.18. The van der Waals surface area contributed by atoms with Crippen molar-refractivity contribution >= 4 is 27.3 Å². The second-order valence-electron chi connectivity index (χ2n) is 5.69. The Labute approximate surface area is 145 Å². The van der Waals surface area contributed by atoms with Crippen molar-refractivity contribution in [3.05, 3.63) is 59.7 Å². The minimum absolute atomic E-state index is 0.226. The third-order valence-electron chi connectivity index (χ3n) is 3.53. The molecule has 0 bridgehead atoms. The first kappa shape index (κ1) is 18.9. The van der Waals surface area contributed by atoms with Gasteiger partial charge in [0.2, 0.25) is 15.9 Å². The Morgan fingerprint density at radius 1 is 1.16 bits per heavy atom. The minimum Gasteiger partial charge on any atom is -0.322 e. The van der Waals surface area contributed by atoms with Crippen molar-refractivity contribution in [1.29, 1.82) is 0 Å². The smallest absolute Gasteiger partial charge is 0.248 e. The molecule has 2 rings (SSSR count). The molecule has 8 heteroatoms. The summed E-state index contributed by atoms with van der Waals surface area (Å²) in [6.45, 7) is 3.18. The van der Waals surface area contributed by atoms with Crippen molar-refractivity contribution in [3.63, 3.8) is 0 Å². The first-order chi connectivity index (χ1) is 11.6. The fourth-order valence-electron chi connectivity index (χ4n) is 2.40. The molecular weight excluding hydrogens is 350 g/mol. The van der Waals surface area contributed by atoms with Crippen LogP contribution in [0.1, 0.15) is 12.5 Å². The highest BCUT2D eigenvalue weighted by atomic mass is 32.2. The van der Waals surface area contributed by atoms with E-state index in [1.165, 1.54) is 6.92 Å². The van der Waals surface area contributed by atoms with Crippen molar-refractivity contribution in [3.8, 4) is 0 Å². The molecule has 0 fully saturated rings. The quantitative estimate of drug-likeness (QED) is 0.882. The maximum absolute atomic E-state index is 13.7. The number of carbonyl (C=O) groups is 1. The summed E-state index contributed by atoms with van der Waals surface area (Å²) in [4.78, 5) is 12.4. The van der Waals surface area contributed by atoms with Gasteiger partial charge < -0.3 is 5.32 Å². The largest absolute Gasteiger partial charge is 0.322 e. The lowest BCUT2D eigenvalue weighted by atomic mass is 10.2. The molecule has 0 radical (unpaired) electrons. The van der Waals surface area contributed by atoms with Crippen LogP contribution in [0.15, 0.2) is 42.5 Å². The Morgan fingerprint density at radius 3 is 2.40 bits per heavy atom. The number of hydrogen-bond donors (Lipinski definition) is 1. The van der Waals surface area contributed by atoms with Crippen molar-refractivity contribution in [2.75, 3.05) is 15.9 Å². The lowest BCUT2D eigenvalue weighted by Gasteiger charge is -2.28. The number of hydrogen-bond acceptors (Lipinski definition) is 3. The van der Waals surface area contributed by atoms with Gasteiger partial charge in [0.1, 0.15) is 17.7 Å². The summed E-state index contributed by atoms with van der Waals surface area (Å²) in [5, 5.41) is 2.29. The molecule has 5 nitrogen and oxygen atoms in total. The standard InChI is InChI=1S/C17H18F2N2O3S/c1-11-5-4-6-14(9-11)21(25(3,23)24)12(2)17(22)20-16-8-7-13(18)10-15(16)19/h4-10,12H,1-3H3,(H,20,22)/t12-/m0/s1. The normalized spacial score (nSPS) is 12.5. The zero-order valence-electron chi connectivity index (χ0n) is 14.0. The van der Waals surface area contributed by atoms with E-state index in [2.05, 4.69) is 5.32 Å². The predicted octanol–water partition coefficient (Wildman–Crippen LogP) is 3.07. The average molecular weight is 368 g/mol. The van der Waals surface area contributed by atoms with Crippen molar-refractivity contribution in [2.24, 2.45) is 0 Å². The van der Waals surface area contributed by atoms with E-state index in [1.54, 1.807) is 31.2 Å². The summed E-state index contributed by atoms with van der Waals surface area (Å²) in [6, 6.07) is 8.23. The first-order valence-corrected chi connectivity index (χ1v) is 9.26. The fourth-order valence-corrected chi connectivity index (χ4v) is 3.57. The van der Waals surface area contributed by atoms with Gasteiger partial charge in [-0.3, -0.25) is 9.10 Å². The van der Waals surface area contributed by atoms with Crippen LogP contribution in [0.25, 0.3) is 0 Å². The van der Waals surface area contributed by atoms with Gasteiger partial charge >= 0.3 is 0 Å². The Kier molecular flexibility index (Phi) is 5.42. The highest BCUT2D eigenvalue weighted by Crippen LogP contribution is 2.23. The summed E-state index contributed by atoms with van der Waals surface area (Å²) in [5.41, 5.74) is 0.920. The van der Waals surface area contributed by atoms with Crippen LogP contribution in [-0.2, 0) is 14.8 Å². The topological polar surface area (TPSA) is 66.5 Å². The van der Waals surface area contributed by atoms with Crippen LogP contribution in [0, 0.1) is 18.6 Å². The number of nitrogens with one attached hydrogen (secondary N) is 1. The second-order valence-corrected chi connectivity index (χ2v) is 7.55. The Morgan fingerprint density at radius 2 is 1.84 bits per heavy atom. The number of halogens is 2. The monoisotopic (exact) mass is 368 g/mol. The molecule has 2 aromatic carbocycles. The van der Waals surface area contributed by atoms with Gasteiger partial charge in [-0.1, -0.05) is 12.1 Å². The first-order valence-electron chi connectivity index (χ1n) is 7.41. The number of carbonyl (C=O) groups excluding carboxylic acids is 1. The Bertz CT molecular complexity index is 901. The van der Waals surface area contributed by atoms with E-state index < -0.39 is 33.6 Å². The van der Waals surface area contributed by atoms with E-state index in [-0.39, 0.29) is 5.69 Å². The van der Waals surface area contributed by atoms with Gasteiger partial charge in [0.25, 0.3) is 0 Å². The fraction of sp³-hybridized carbons (Fsp3) is 0.235. The minimum atomic E-state index is -3.77. The summed E-state index contributed by atoms with van der Waals surface area (Å²) in [5.74, 6) is -2.46. The SMILES string of the molecule is Cc1cccc(N([C@@H](C)C(=O)Nc2ccc(F)cc2F)S(C)(=O)=O)c1. The molecule has 0 unspecified atom stereocenters. The molecule has 0 saturated heterocycles. The van der Waals surface area contributed by atoms with Crippen molar-refractivity contribution in [2.45, 2.75) is 19.9 Å². The van der Waals surface area contributed by atoms with Gasteiger partial charge in [-0.05, 0) is 43.7 Å². The van der Waals surface area contributed by atoms with Gasteiger partial charge in [0.05, 0.1) is 17.6 Å². The summed E-state index contributed by atoms with van der Waals surface area (Å²) >= 11 is 0. The van der Waals surface area contributed by atoms with Crippen LogP contribution in [-0.4, -0.2) is 26.6 Å². The van der Waals surface area contributed by atoms with E-state index in [0.717, 1.165) is 28.3 Å². The van der Waals surface area contributed by atoms with Crippen LogP contribution >= 0.6 is 0 Å². The molecule has 2 aromatic rings. The highest BCUT2D eigenvalue weighted by molar-refractivity contribution is 7.92. The zero-order chi connectivity index (χ0) is 18.8. The number of nitrogens with zero attached hydrogens (tertiary/aromatic N) is 1. The number of amides is 1. The van der Waals surface area contributed by atoms with E-state index in [9.17, 15) is 22.0 Å². The van der Waals surface area contributed by atoms with E-state index >= 15 is 0 Å². The molecule has 1 N–H and O–H groups in total. The van der Waals surface area contributed by atoms with E-state index in [0.29, 0.717) is 11.8 Å². The molecular formula is C17H18F2N2O3S. The van der Waals surface area contributed by atoms with Gasteiger partial charge in [-0.15, -0.1) is 0 Å². The predicted molar refractivity (Wildman–Crippen MR) is 93.0 cm³/mol. The average Bonchev–Trinajstić information content (AvgIpc) is 2.48. The summed E-state index contributed by atoms with van der Waals surface area (Å²) in [6.07, 6.45) is 0.984. The van der Waals surface area contributed by atoms with Crippen molar-refractivity contribution < 1.29 is 22.0 Å². The Balaban J connectivity index is 2.33. The van der Waals surface area contributed by atoms with Gasteiger partial charge in [0, 0.05) is 6.07 Å². The number of benzene rings is 2. The van der Waals surface area contributed by atoms with Gasteiger partial charge in [-0.2, -0.15) is 0 Å². The molecule has 0 heterocycles. The third-order valence-corrected chi connectivity index (χ3v) is 4.78. The molecule has 0 aliphatic rings. The number of rotatable bonds is 5. The van der Waals surface area contributed by atoms with Crippen LogP contribution in [0.3, 0.4) is 0 Å². The maximum atomic E-state index is 13.7. The Hall–Kier alpha value is -2.48. The molecule has 0 spiro atoms. The maximum Gasteiger partial charge on any atom is 0.248 e. The van der Waals surface area contributed by atoms with Gasteiger partial charge in [0.15, 0.2) is 0 Å². The zero-order valence-corrected chi connectivity index (χ0v) is 14.8. The van der Waals surface area contributed by atoms with E-state index in [1.807, 2.05) is 0 Å². The molecule has 25 heavy (non-hydrogen) atoms. The van der Waals surface area contributed by atoms with Crippen LogP contribution in [0.5, 0.6) is 0 Å². The summed E-state index contributed by atoms with van der Waals surface area (Å²) in [7, 11) is -3.77. The molecule has 0 aliphatic heterocycles. The molecule has 0 aliphatic carbocycles. The van der Waals surface area contributed by atoms with Gasteiger partial charge in [-0.25, -0.2) is 17.2 Å². The lowest BCUT2D eigenvalue weighted by Crippen LogP contribution is -2.45. The van der Waals surface area contributed by atoms with Crippen LogP contribution in [0.2, 0.25) is 0 Å². The number of aryl methyl sites for hydroxylation is 1. The molecule has 134 valence electrons. The molecule has 1 atom stereocenters. The highest BCUT2D eigenvalue weighted by Gasteiger charge is 2.29. The molecule has 0 aromatic heterocycles. The summed E-state index contributed by atoms with van der Waals surface area (Å²) < 4.78 is 52.0. The lowest BCUT2D eigenvalue weighted by molar-refractivity contribution is -0.116.